The van der Waals surface area contributed by atoms with Crippen LogP contribution < -0.4 is 15.2 Å². The Labute approximate surface area is 106 Å². The van der Waals surface area contributed by atoms with Gasteiger partial charge in [-0.25, -0.2) is 0 Å². The lowest BCUT2D eigenvalue weighted by atomic mass is 10.1. The van der Waals surface area contributed by atoms with E-state index >= 15 is 0 Å². The van der Waals surface area contributed by atoms with E-state index in [9.17, 15) is 4.79 Å². The molecule has 5 heteroatoms. The molecule has 0 saturated carbocycles. The molecule has 1 heterocycles. The van der Waals surface area contributed by atoms with E-state index in [1.807, 2.05) is 32.0 Å². The van der Waals surface area contributed by atoms with Gasteiger partial charge in [-0.2, -0.15) is 0 Å². The van der Waals surface area contributed by atoms with Crippen molar-refractivity contribution in [2.24, 2.45) is 5.73 Å². The first-order chi connectivity index (χ1) is 8.61. The molecule has 0 aliphatic carbocycles. The zero-order valence-corrected chi connectivity index (χ0v) is 10.7. The van der Waals surface area contributed by atoms with Crippen molar-refractivity contribution in [3.8, 4) is 11.5 Å². The summed E-state index contributed by atoms with van der Waals surface area (Å²) >= 11 is 0. The molecule has 0 aromatic heterocycles. The Bertz CT molecular complexity index is 446. The van der Waals surface area contributed by atoms with Crippen LogP contribution in [-0.4, -0.2) is 30.2 Å². The second-order valence-corrected chi connectivity index (χ2v) is 4.51. The Balaban J connectivity index is 2.14. The highest BCUT2D eigenvalue weighted by atomic mass is 16.7. The van der Waals surface area contributed by atoms with Crippen LogP contribution in [0.1, 0.15) is 19.4 Å². The number of amides is 1. The van der Waals surface area contributed by atoms with E-state index in [1.165, 1.54) is 0 Å². The van der Waals surface area contributed by atoms with Gasteiger partial charge in [-0.15, -0.1) is 0 Å². The summed E-state index contributed by atoms with van der Waals surface area (Å²) in [6, 6.07) is 5.82. The average molecular weight is 250 g/mol. The summed E-state index contributed by atoms with van der Waals surface area (Å²) in [5.41, 5.74) is 6.43. The SMILES string of the molecule is CC(C)N(Cc1ccc2c(c1)OCO2)C(=O)CN. The normalized spacial score (nSPS) is 12.9. The summed E-state index contributed by atoms with van der Waals surface area (Å²) in [6.45, 7) is 4.77. The van der Waals surface area contributed by atoms with Crippen molar-refractivity contribution in [2.75, 3.05) is 13.3 Å². The van der Waals surface area contributed by atoms with Crippen molar-refractivity contribution in [1.29, 1.82) is 0 Å². The van der Waals surface area contributed by atoms with Crippen LogP contribution in [0.5, 0.6) is 11.5 Å². The molecule has 1 aliphatic rings. The highest BCUT2D eigenvalue weighted by Crippen LogP contribution is 2.32. The number of ether oxygens (including phenoxy) is 2. The number of carbonyl (C=O) groups excluding carboxylic acids is 1. The Kier molecular flexibility index (Phi) is 3.72. The summed E-state index contributed by atoms with van der Waals surface area (Å²) in [6.07, 6.45) is 0. The molecular weight excluding hydrogens is 232 g/mol. The number of nitrogens with two attached hydrogens (primary N) is 1. The average Bonchev–Trinajstić information content (AvgIpc) is 2.82. The largest absolute Gasteiger partial charge is 0.454 e. The molecule has 1 aromatic rings. The minimum Gasteiger partial charge on any atom is -0.454 e. The second kappa shape index (κ2) is 5.27. The third kappa shape index (κ3) is 2.56. The lowest BCUT2D eigenvalue weighted by molar-refractivity contribution is -0.132. The molecule has 18 heavy (non-hydrogen) atoms. The molecule has 1 amide bonds. The van der Waals surface area contributed by atoms with Crippen molar-refractivity contribution in [1.82, 2.24) is 4.90 Å². The van der Waals surface area contributed by atoms with Crippen LogP contribution >= 0.6 is 0 Å². The van der Waals surface area contributed by atoms with Gasteiger partial charge in [0.1, 0.15) is 0 Å². The van der Waals surface area contributed by atoms with E-state index in [-0.39, 0.29) is 25.3 Å². The highest BCUT2D eigenvalue weighted by Gasteiger charge is 2.18. The third-order valence-corrected chi connectivity index (χ3v) is 2.91. The predicted molar refractivity (Wildman–Crippen MR) is 67.3 cm³/mol. The number of hydrogen-bond acceptors (Lipinski definition) is 4. The maximum atomic E-state index is 11.7. The zero-order chi connectivity index (χ0) is 13.1. The number of rotatable bonds is 4. The minimum absolute atomic E-state index is 0.0305. The van der Waals surface area contributed by atoms with Gasteiger partial charge in [0, 0.05) is 12.6 Å². The van der Waals surface area contributed by atoms with Crippen LogP contribution in [0.4, 0.5) is 0 Å². The van der Waals surface area contributed by atoms with E-state index in [2.05, 4.69) is 0 Å². The first kappa shape index (κ1) is 12.7. The van der Waals surface area contributed by atoms with Crippen molar-refractivity contribution < 1.29 is 14.3 Å². The highest BCUT2D eigenvalue weighted by molar-refractivity contribution is 5.78. The maximum absolute atomic E-state index is 11.7. The Morgan fingerprint density at radius 3 is 2.78 bits per heavy atom. The number of carbonyl (C=O) groups is 1. The van der Waals surface area contributed by atoms with Crippen LogP contribution in [0, 0.1) is 0 Å². The standard InChI is InChI=1S/C13H18N2O3/c1-9(2)15(13(16)6-14)7-10-3-4-11-12(5-10)18-8-17-11/h3-5,9H,6-8,14H2,1-2H3. The molecule has 2 N–H and O–H groups in total. The Morgan fingerprint density at radius 2 is 2.11 bits per heavy atom. The van der Waals surface area contributed by atoms with Gasteiger partial charge in [-0.1, -0.05) is 6.07 Å². The molecule has 2 rings (SSSR count). The molecule has 1 aliphatic heterocycles. The number of fused-ring (bicyclic) bond motifs is 1. The third-order valence-electron chi connectivity index (χ3n) is 2.91. The first-order valence-corrected chi connectivity index (χ1v) is 6.00. The van der Waals surface area contributed by atoms with Gasteiger partial charge in [0.2, 0.25) is 12.7 Å². The fourth-order valence-electron chi connectivity index (χ4n) is 1.91. The molecule has 0 fully saturated rings. The van der Waals surface area contributed by atoms with E-state index in [1.54, 1.807) is 4.90 Å². The summed E-state index contributed by atoms with van der Waals surface area (Å²) in [4.78, 5) is 13.5. The Hall–Kier alpha value is -1.75. The molecule has 0 saturated heterocycles. The van der Waals surface area contributed by atoms with Crippen LogP contribution in [0.25, 0.3) is 0 Å². The first-order valence-electron chi connectivity index (χ1n) is 6.00. The van der Waals surface area contributed by atoms with Crippen LogP contribution in [-0.2, 0) is 11.3 Å². The van der Waals surface area contributed by atoms with E-state index in [0.717, 1.165) is 17.1 Å². The number of hydrogen-bond donors (Lipinski definition) is 1. The molecule has 0 bridgehead atoms. The number of nitrogens with zero attached hydrogens (tertiary/aromatic N) is 1. The summed E-state index contributed by atoms with van der Waals surface area (Å²) < 4.78 is 10.6. The lowest BCUT2D eigenvalue weighted by Gasteiger charge is -2.26. The second-order valence-electron chi connectivity index (χ2n) is 4.51. The topological polar surface area (TPSA) is 64.8 Å². The molecule has 0 atom stereocenters. The predicted octanol–water partition coefficient (Wildman–Crippen LogP) is 1.11. The summed E-state index contributed by atoms with van der Waals surface area (Å²) in [5, 5.41) is 0. The molecule has 0 unspecified atom stereocenters. The van der Waals surface area contributed by atoms with E-state index in [4.69, 9.17) is 15.2 Å². The van der Waals surface area contributed by atoms with Gasteiger partial charge in [0.15, 0.2) is 11.5 Å². The van der Waals surface area contributed by atoms with Gasteiger partial charge in [0.05, 0.1) is 6.54 Å². The van der Waals surface area contributed by atoms with Crippen molar-refractivity contribution in [3.63, 3.8) is 0 Å². The van der Waals surface area contributed by atoms with Crippen LogP contribution in [0.15, 0.2) is 18.2 Å². The lowest BCUT2D eigenvalue weighted by Crippen LogP contribution is -2.40. The fraction of sp³-hybridized carbons (Fsp3) is 0.462. The molecule has 1 aromatic carbocycles. The molecular formula is C13H18N2O3. The fourth-order valence-corrected chi connectivity index (χ4v) is 1.91. The smallest absolute Gasteiger partial charge is 0.236 e. The van der Waals surface area contributed by atoms with Crippen LogP contribution in [0.3, 0.4) is 0 Å². The molecule has 98 valence electrons. The van der Waals surface area contributed by atoms with Gasteiger partial charge >= 0.3 is 0 Å². The Morgan fingerprint density at radius 1 is 1.39 bits per heavy atom. The van der Waals surface area contributed by atoms with E-state index in [0.29, 0.717) is 6.54 Å². The summed E-state index contributed by atoms with van der Waals surface area (Å²) in [7, 11) is 0. The van der Waals surface area contributed by atoms with Gasteiger partial charge in [0.25, 0.3) is 0 Å². The molecule has 0 radical (unpaired) electrons. The number of benzene rings is 1. The maximum Gasteiger partial charge on any atom is 0.236 e. The zero-order valence-electron chi connectivity index (χ0n) is 10.7. The molecule has 0 spiro atoms. The van der Waals surface area contributed by atoms with Gasteiger partial charge in [-0.05, 0) is 31.5 Å². The monoisotopic (exact) mass is 250 g/mol. The minimum atomic E-state index is -0.0531. The molecule has 5 nitrogen and oxygen atoms in total. The van der Waals surface area contributed by atoms with Crippen molar-refractivity contribution in [3.05, 3.63) is 23.8 Å². The van der Waals surface area contributed by atoms with Gasteiger partial charge in [-0.3, -0.25) is 4.79 Å². The van der Waals surface area contributed by atoms with Crippen molar-refractivity contribution >= 4 is 5.91 Å². The van der Waals surface area contributed by atoms with E-state index < -0.39 is 0 Å². The quantitative estimate of drug-likeness (QED) is 0.869. The van der Waals surface area contributed by atoms with Crippen molar-refractivity contribution in [2.45, 2.75) is 26.4 Å². The van der Waals surface area contributed by atoms with Gasteiger partial charge < -0.3 is 20.1 Å². The van der Waals surface area contributed by atoms with Crippen LogP contribution in [0.2, 0.25) is 0 Å². The summed E-state index contributed by atoms with van der Waals surface area (Å²) in [5.74, 6) is 1.43.